The maximum absolute atomic E-state index is 12.8. The van der Waals surface area contributed by atoms with Crippen molar-refractivity contribution in [2.45, 2.75) is 0 Å². The lowest BCUT2D eigenvalue weighted by Crippen LogP contribution is -1.90. The molecule has 20 heavy (non-hydrogen) atoms. The van der Waals surface area contributed by atoms with Gasteiger partial charge in [-0.1, -0.05) is 6.07 Å². The van der Waals surface area contributed by atoms with Crippen LogP contribution < -0.4 is 10.5 Å². The van der Waals surface area contributed by atoms with Crippen molar-refractivity contribution in [3.8, 4) is 23.1 Å². The van der Waals surface area contributed by atoms with Gasteiger partial charge < -0.3 is 14.9 Å². The highest BCUT2D eigenvalue weighted by molar-refractivity contribution is 5.55. The average molecular weight is 270 g/mol. The van der Waals surface area contributed by atoms with E-state index in [-0.39, 0.29) is 5.82 Å². The molecular formula is C15H11FN2O2. The minimum absolute atomic E-state index is 0.302. The SMILES string of the molecule is Nc1cccc(-c2ccc(Oc3ccc(F)cc3)o2)n1. The summed E-state index contributed by atoms with van der Waals surface area (Å²) in [6.07, 6.45) is 0. The van der Waals surface area contributed by atoms with Crippen molar-refractivity contribution in [1.29, 1.82) is 0 Å². The molecular weight excluding hydrogens is 259 g/mol. The van der Waals surface area contributed by atoms with Crippen molar-refractivity contribution in [2.24, 2.45) is 0 Å². The molecule has 3 aromatic rings. The predicted octanol–water partition coefficient (Wildman–Crippen LogP) is 3.86. The van der Waals surface area contributed by atoms with E-state index in [2.05, 4.69) is 4.98 Å². The second kappa shape index (κ2) is 5.05. The molecule has 3 rings (SSSR count). The first-order valence-corrected chi connectivity index (χ1v) is 5.97. The number of nitrogens with zero attached hydrogens (tertiary/aromatic N) is 1. The summed E-state index contributed by atoms with van der Waals surface area (Å²) >= 11 is 0. The Morgan fingerprint density at radius 2 is 1.80 bits per heavy atom. The van der Waals surface area contributed by atoms with Gasteiger partial charge in [0.25, 0.3) is 5.95 Å². The van der Waals surface area contributed by atoms with Crippen LogP contribution in [0.1, 0.15) is 0 Å². The first-order valence-electron chi connectivity index (χ1n) is 5.97. The molecule has 0 aliphatic rings. The van der Waals surface area contributed by atoms with Crippen LogP contribution >= 0.6 is 0 Å². The first-order chi connectivity index (χ1) is 9.70. The maximum atomic E-state index is 12.8. The predicted molar refractivity (Wildman–Crippen MR) is 72.8 cm³/mol. The van der Waals surface area contributed by atoms with Gasteiger partial charge in [0.2, 0.25) is 0 Å². The van der Waals surface area contributed by atoms with E-state index < -0.39 is 0 Å². The van der Waals surface area contributed by atoms with E-state index in [1.54, 1.807) is 30.3 Å². The zero-order chi connectivity index (χ0) is 13.9. The summed E-state index contributed by atoms with van der Waals surface area (Å²) in [7, 11) is 0. The molecule has 0 unspecified atom stereocenters. The molecule has 0 saturated carbocycles. The summed E-state index contributed by atoms with van der Waals surface area (Å²) in [5, 5.41) is 0. The van der Waals surface area contributed by atoms with Gasteiger partial charge in [-0.15, -0.1) is 0 Å². The third-order valence-corrected chi connectivity index (χ3v) is 2.64. The zero-order valence-corrected chi connectivity index (χ0v) is 10.4. The number of rotatable bonds is 3. The van der Waals surface area contributed by atoms with Crippen LogP contribution in [0.25, 0.3) is 11.5 Å². The van der Waals surface area contributed by atoms with Crippen LogP contribution in [-0.2, 0) is 0 Å². The highest BCUT2D eigenvalue weighted by atomic mass is 19.1. The molecule has 0 bridgehead atoms. The number of nitrogen functional groups attached to an aromatic ring is 1. The van der Waals surface area contributed by atoms with E-state index in [4.69, 9.17) is 14.9 Å². The third kappa shape index (κ3) is 2.61. The number of hydrogen-bond acceptors (Lipinski definition) is 4. The molecule has 100 valence electrons. The van der Waals surface area contributed by atoms with Gasteiger partial charge in [0.05, 0.1) is 0 Å². The van der Waals surface area contributed by atoms with E-state index in [1.165, 1.54) is 24.3 Å². The van der Waals surface area contributed by atoms with E-state index >= 15 is 0 Å². The van der Waals surface area contributed by atoms with Crippen molar-refractivity contribution in [2.75, 3.05) is 5.73 Å². The fourth-order valence-corrected chi connectivity index (χ4v) is 1.72. The summed E-state index contributed by atoms with van der Waals surface area (Å²) < 4.78 is 23.8. The van der Waals surface area contributed by atoms with E-state index in [0.29, 0.717) is 29.0 Å². The Morgan fingerprint density at radius 3 is 2.55 bits per heavy atom. The van der Waals surface area contributed by atoms with Crippen LogP contribution in [0.5, 0.6) is 11.7 Å². The van der Waals surface area contributed by atoms with Crippen LogP contribution in [0.3, 0.4) is 0 Å². The Kier molecular flexibility index (Phi) is 3.09. The van der Waals surface area contributed by atoms with Gasteiger partial charge in [-0.3, -0.25) is 0 Å². The minimum Gasteiger partial charge on any atom is -0.426 e. The van der Waals surface area contributed by atoms with E-state index in [0.717, 1.165) is 0 Å². The van der Waals surface area contributed by atoms with Crippen molar-refractivity contribution in [3.05, 3.63) is 60.4 Å². The smallest absolute Gasteiger partial charge is 0.290 e. The van der Waals surface area contributed by atoms with E-state index in [1.807, 2.05) is 0 Å². The summed E-state index contributed by atoms with van der Waals surface area (Å²) in [6, 6.07) is 14.4. The minimum atomic E-state index is -0.318. The van der Waals surface area contributed by atoms with Crippen LogP contribution in [0.15, 0.2) is 59.0 Å². The molecule has 0 amide bonds. The summed E-state index contributed by atoms with van der Waals surface area (Å²) in [6.45, 7) is 0. The fraction of sp³-hybridized carbons (Fsp3) is 0. The third-order valence-electron chi connectivity index (χ3n) is 2.64. The maximum Gasteiger partial charge on any atom is 0.290 e. The molecule has 2 aromatic heterocycles. The second-order valence-corrected chi connectivity index (χ2v) is 4.12. The van der Waals surface area contributed by atoms with Crippen LogP contribution in [0.2, 0.25) is 0 Å². The Hall–Kier alpha value is -2.82. The number of nitrogens with two attached hydrogens (primary N) is 1. The highest BCUT2D eigenvalue weighted by Crippen LogP contribution is 2.28. The Balaban J connectivity index is 1.82. The van der Waals surface area contributed by atoms with Gasteiger partial charge in [0.15, 0.2) is 5.76 Å². The zero-order valence-electron chi connectivity index (χ0n) is 10.4. The van der Waals surface area contributed by atoms with Gasteiger partial charge in [-0.05, 0) is 42.5 Å². The lowest BCUT2D eigenvalue weighted by atomic mass is 10.3. The number of ether oxygens (including phenoxy) is 1. The highest BCUT2D eigenvalue weighted by Gasteiger charge is 2.08. The first kappa shape index (κ1) is 12.2. The molecule has 2 N–H and O–H groups in total. The average Bonchev–Trinajstić information content (AvgIpc) is 2.90. The van der Waals surface area contributed by atoms with Gasteiger partial charge in [0.1, 0.15) is 23.1 Å². The number of benzene rings is 1. The van der Waals surface area contributed by atoms with Crippen LogP contribution in [-0.4, -0.2) is 4.98 Å². The molecule has 0 radical (unpaired) electrons. The van der Waals surface area contributed by atoms with Gasteiger partial charge in [0, 0.05) is 6.07 Å². The molecule has 5 heteroatoms. The van der Waals surface area contributed by atoms with Crippen molar-refractivity contribution in [1.82, 2.24) is 4.98 Å². The molecule has 4 nitrogen and oxygen atoms in total. The molecule has 0 saturated heterocycles. The Morgan fingerprint density at radius 1 is 1.00 bits per heavy atom. The van der Waals surface area contributed by atoms with E-state index in [9.17, 15) is 4.39 Å². The molecule has 0 aliphatic carbocycles. The second-order valence-electron chi connectivity index (χ2n) is 4.12. The molecule has 0 fully saturated rings. The number of pyridine rings is 1. The van der Waals surface area contributed by atoms with Crippen molar-refractivity contribution in [3.63, 3.8) is 0 Å². The summed E-state index contributed by atoms with van der Waals surface area (Å²) in [5.41, 5.74) is 6.24. The quantitative estimate of drug-likeness (QED) is 0.785. The van der Waals surface area contributed by atoms with Crippen LogP contribution in [0, 0.1) is 5.82 Å². The lowest BCUT2D eigenvalue weighted by Gasteiger charge is -2.01. The Labute approximate surface area is 114 Å². The summed E-state index contributed by atoms with van der Waals surface area (Å²) in [5.74, 6) is 1.44. The van der Waals surface area contributed by atoms with Crippen molar-refractivity contribution >= 4 is 5.82 Å². The molecule has 0 spiro atoms. The number of hydrogen-bond donors (Lipinski definition) is 1. The van der Waals surface area contributed by atoms with Crippen molar-refractivity contribution < 1.29 is 13.5 Å². The molecule has 0 aliphatic heterocycles. The number of halogens is 1. The normalized spacial score (nSPS) is 10.4. The standard InChI is InChI=1S/C15H11FN2O2/c16-10-4-6-11(7-5-10)19-15-9-8-13(20-15)12-2-1-3-14(17)18-12/h1-9H,(H2,17,18). The largest absolute Gasteiger partial charge is 0.426 e. The van der Waals surface area contributed by atoms with Gasteiger partial charge in [-0.25, -0.2) is 9.37 Å². The number of aromatic nitrogens is 1. The molecule has 2 heterocycles. The Bertz CT molecular complexity index is 723. The van der Waals surface area contributed by atoms with Gasteiger partial charge >= 0.3 is 0 Å². The number of furan rings is 1. The lowest BCUT2D eigenvalue weighted by molar-refractivity contribution is 0.351. The monoisotopic (exact) mass is 270 g/mol. The number of anilines is 1. The summed E-state index contributed by atoms with van der Waals surface area (Å²) in [4.78, 5) is 4.15. The molecule has 1 aromatic carbocycles. The van der Waals surface area contributed by atoms with Crippen LogP contribution in [0.4, 0.5) is 10.2 Å². The molecule has 0 atom stereocenters. The topological polar surface area (TPSA) is 61.3 Å². The fourth-order valence-electron chi connectivity index (χ4n) is 1.72. The van der Waals surface area contributed by atoms with Gasteiger partial charge in [-0.2, -0.15) is 0 Å².